The van der Waals surface area contributed by atoms with Crippen molar-refractivity contribution in [2.75, 3.05) is 11.6 Å². The molecule has 0 bridgehead atoms. The van der Waals surface area contributed by atoms with Crippen LogP contribution in [0.2, 0.25) is 0 Å². The van der Waals surface area contributed by atoms with Crippen molar-refractivity contribution in [3.05, 3.63) is 104 Å². The summed E-state index contributed by atoms with van der Waals surface area (Å²) in [5.74, 6) is 0.830. The third-order valence-corrected chi connectivity index (χ3v) is 6.36. The summed E-state index contributed by atoms with van der Waals surface area (Å²) in [7, 11) is 0. The molecule has 32 heavy (non-hydrogen) atoms. The molecule has 0 fully saturated rings. The lowest BCUT2D eigenvalue weighted by atomic mass is 9.96. The largest absolute Gasteiger partial charge is 0.472 e. The molecule has 0 unspecified atom stereocenters. The van der Waals surface area contributed by atoms with Crippen molar-refractivity contribution in [2.24, 2.45) is 0 Å². The van der Waals surface area contributed by atoms with Gasteiger partial charge >= 0.3 is 5.63 Å². The van der Waals surface area contributed by atoms with Crippen LogP contribution in [0.5, 0.6) is 5.75 Å². The first-order chi connectivity index (χ1) is 15.4. The zero-order valence-electron chi connectivity index (χ0n) is 19.0. The van der Waals surface area contributed by atoms with E-state index in [1.165, 1.54) is 11.1 Å². The van der Waals surface area contributed by atoms with Crippen molar-refractivity contribution in [1.82, 2.24) is 0 Å². The highest BCUT2D eigenvalue weighted by Gasteiger charge is 2.24. The molecule has 0 aliphatic carbocycles. The van der Waals surface area contributed by atoms with Gasteiger partial charge in [-0.25, -0.2) is 4.79 Å². The zero-order chi connectivity index (χ0) is 22.4. The Hall–Kier alpha value is -3.53. The first kappa shape index (κ1) is 20.4. The molecule has 0 spiro atoms. The lowest BCUT2D eigenvalue weighted by molar-refractivity contribution is 0.287. The Morgan fingerprint density at radius 3 is 2.34 bits per heavy atom. The number of fused-ring (bicyclic) bond motifs is 2. The Bertz CT molecular complexity index is 1370. The average Bonchev–Trinajstić information content (AvgIpc) is 2.77. The van der Waals surface area contributed by atoms with Gasteiger partial charge in [0.05, 0.1) is 0 Å². The molecule has 0 saturated carbocycles. The quantitative estimate of drug-likeness (QED) is 0.379. The minimum absolute atomic E-state index is 0.269. The normalized spacial score (nSPS) is 13.2. The molecular formula is C28H27NO3. The molecule has 0 radical (unpaired) electrons. The fourth-order valence-electron chi connectivity index (χ4n) is 4.75. The van der Waals surface area contributed by atoms with Gasteiger partial charge in [-0.05, 0) is 68.1 Å². The van der Waals surface area contributed by atoms with Crippen LogP contribution in [0.15, 0.2) is 63.8 Å². The second kappa shape index (κ2) is 7.86. The summed E-state index contributed by atoms with van der Waals surface area (Å²) in [4.78, 5) is 15.1. The molecule has 4 heteroatoms. The highest BCUT2D eigenvalue weighted by atomic mass is 16.5. The second-order valence-electron chi connectivity index (χ2n) is 8.84. The molecule has 1 aliphatic heterocycles. The van der Waals surface area contributed by atoms with Gasteiger partial charge in [0.15, 0.2) is 6.73 Å². The summed E-state index contributed by atoms with van der Waals surface area (Å²) in [6.45, 7) is 9.46. The lowest BCUT2D eigenvalue weighted by Crippen LogP contribution is -2.32. The van der Waals surface area contributed by atoms with Crippen molar-refractivity contribution < 1.29 is 9.15 Å². The maximum Gasteiger partial charge on any atom is 0.340 e. The first-order valence-electron chi connectivity index (χ1n) is 11.0. The molecule has 162 valence electrons. The molecular weight excluding hydrogens is 398 g/mol. The summed E-state index contributed by atoms with van der Waals surface area (Å²) in [6.07, 6.45) is 0.562. The Labute approximate surface area is 188 Å². The van der Waals surface area contributed by atoms with Crippen LogP contribution in [0.4, 0.5) is 5.69 Å². The number of benzene rings is 3. The molecule has 1 aliphatic rings. The monoisotopic (exact) mass is 425 g/mol. The smallest absolute Gasteiger partial charge is 0.340 e. The van der Waals surface area contributed by atoms with E-state index < -0.39 is 0 Å². The lowest BCUT2D eigenvalue weighted by Gasteiger charge is -2.32. The summed E-state index contributed by atoms with van der Waals surface area (Å²) < 4.78 is 12.0. The Kier molecular flexibility index (Phi) is 5.01. The summed E-state index contributed by atoms with van der Waals surface area (Å²) in [5.41, 5.74) is 8.80. The second-order valence-corrected chi connectivity index (χ2v) is 8.84. The van der Waals surface area contributed by atoms with E-state index in [0.717, 1.165) is 45.6 Å². The summed E-state index contributed by atoms with van der Waals surface area (Å²) in [6, 6.07) is 18.7. The van der Waals surface area contributed by atoms with E-state index in [9.17, 15) is 4.79 Å². The predicted molar refractivity (Wildman–Crippen MR) is 129 cm³/mol. The molecule has 5 rings (SSSR count). The minimum atomic E-state index is -0.269. The average molecular weight is 426 g/mol. The molecule has 4 aromatic rings. The van der Waals surface area contributed by atoms with Crippen molar-refractivity contribution in [1.29, 1.82) is 0 Å². The van der Waals surface area contributed by atoms with Crippen LogP contribution in [0.1, 0.15) is 38.9 Å². The van der Waals surface area contributed by atoms with Crippen LogP contribution in [0.25, 0.3) is 11.0 Å². The van der Waals surface area contributed by atoms with E-state index in [4.69, 9.17) is 9.15 Å². The number of hydrogen-bond donors (Lipinski definition) is 0. The SMILES string of the molecule is Cc1cc(C)cc(N2COc3c(cc4c(C)c(Cc5ccccc5)c(=O)oc4c3C)C2)c1. The molecule has 3 aromatic carbocycles. The molecule has 0 saturated heterocycles. The van der Waals surface area contributed by atoms with Crippen molar-refractivity contribution in [2.45, 2.75) is 40.7 Å². The number of nitrogens with zero attached hydrogens (tertiary/aromatic N) is 1. The molecule has 2 heterocycles. The maximum absolute atomic E-state index is 12.9. The van der Waals surface area contributed by atoms with Gasteiger partial charge in [0, 0.05) is 40.7 Å². The van der Waals surface area contributed by atoms with Crippen LogP contribution in [-0.2, 0) is 13.0 Å². The Morgan fingerprint density at radius 1 is 0.906 bits per heavy atom. The number of hydrogen-bond acceptors (Lipinski definition) is 4. The molecule has 0 N–H and O–H groups in total. The standard InChI is InChI=1S/C28H27NO3/c1-17-10-18(2)12-23(11-17)29-15-22-14-24-19(3)25(13-21-8-6-5-7-9-21)28(30)32-27(24)20(4)26(22)31-16-29/h5-12,14H,13,15-16H2,1-4H3. The molecule has 4 nitrogen and oxygen atoms in total. The highest BCUT2D eigenvalue weighted by Crippen LogP contribution is 2.37. The van der Waals surface area contributed by atoms with Crippen LogP contribution < -0.4 is 15.3 Å². The topological polar surface area (TPSA) is 42.7 Å². The molecule has 0 atom stereocenters. The number of ether oxygens (including phenoxy) is 1. The first-order valence-corrected chi connectivity index (χ1v) is 11.0. The van der Waals surface area contributed by atoms with Gasteiger partial charge in [0.1, 0.15) is 11.3 Å². The van der Waals surface area contributed by atoms with Gasteiger partial charge in [0.25, 0.3) is 0 Å². The van der Waals surface area contributed by atoms with E-state index in [-0.39, 0.29) is 5.63 Å². The minimum Gasteiger partial charge on any atom is -0.472 e. The summed E-state index contributed by atoms with van der Waals surface area (Å²) >= 11 is 0. The van der Waals surface area contributed by atoms with Gasteiger partial charge in [-0.1, -0.05) is 36.4 Å². The number of aryl methyl sites for hydroxylation is 4. The Morgan fingerprint density at radius 2 is 1.62 bits per heavy atom. The van der Waals surface area contributed by atoms with Crippen molar-refractivity contribution >= 4 is 16.7 Å². The van der Waals surface area contributed by atoms with Crippen LogP contribution in [-0.4, -0.2) is 6.73 Å². The molecule has 1 aromatic heterocycles. The van der Waals surface area contributed by atoms with E-state index >= 15 is 0 Å². The predicted octanol–water partition coefficient (Wildman–Crippen LogP) is 5.97. The van der Waals surface area contributed by atoms with E-state index in [1.807, 2.05) is 44.2 Å². The highest BCUT2D eigenvalue weighted by molar-refractivity contribution is 5.87. The van der Waals surface area contributed by atoms with Gasteiger partial charge in [-0.15, -0.1) is 0 Å². The molecule has 0 amide bonds. The number of rotatable bonds is 3. The van der Waals surface area contributed by atoms with Crippen molar-refractivity contribution in [3.8, 4) is 5.75 Å². The third-order valence-electron chi connectivity index (χ3n) is 6.36. The van der Waals surface area contributed by atoms with Gasteiger partial charge < -0.3 is 14.1 Å². The van der Waals surface area contributed by atoms with Gasteiger partial charge in [0.2, 0.25) is 0 Å². The number of anilines is 1. The Balaban J connectivity index is 1.59. The van der Waals surface area contributed by atoms with E-state index in [2.05, 4.69) is 43.0 Å². The van der Waals surface area contributed by atoms with Crippen LogP contribution in [0, 0.1) is 27.7 Å². The van der Waals surface area contributed by atoms with E-state index in [1.54, 1.807) is 0 Å². The van der Waals surface area contributed by atoms with E-state index in [0.29, 0.717) is 24.3 Å². The fraction of sp³-hybridized carbons (Fsp3) is 0.250. The third kappa shape index (κ3) is 3.56. The zero-order valence-corrected chi connectivity index (χ0v) is 19.0. The van der Waals surface area contributed by atoms with Gasteiger partial charge in [-0.2, -0.15) is 0 Å². The summed E-state index contributed by atoms with van der Waals surface area (Å²) in [5, 5.41) is 0.984. The fourth-order valence-corrected chi connectivity index (χ4v) is 4.75. The van der Waals surface area contributed by atoms with Gasteiger partial charge in [-0.3, -0.25) is 0 Å². The van der Waals surface area contributed by atoms with Crippen LogP contribution >= 0.6 is 0 Å². The van der Waals surface area contributed by atoms with Crippen molar-refractivity contribution in [3.63, 3.8) is 0 Å². The maximum atomic E-state index is 12.9. The van der Waals surface area contributed by atoms with Crippen LogP contribution in [0.3, 0.4) is 0 Å².